The molecule has 1 aromatic heterocycles. The Balaban J connectivity index is 1.51. The molecule has 0 bridgehead atoms. The second kappa shape index (κ2) is 9.45. The summed E-state index contributed by atoms with van der Waals surface area (Å²) < 4.78 is 12.2. The minimum atomic E-state index is -0.913. The molecule has 1 N–H and O–H groups in total. The molecule has 38 heavy (non-hydrogen) atoms. The number of nitrogens with zero attached hydrogens (tertiary/aromatic N) is 2. The summed E-state index contributed by atoms with van der Waals surface area (Å²) in [6, 6.07) is 16.8. The third-order valence-electron chi connectivity index (χ3n) is 6.64. The number of hydrogen-bond acceptors (Lipinski definition) is 7. The van der Waals surface area contributed by atoms with Crippen LogP contribution in [0.3, 0.4) is 0 Å². The number of carbonyl (C=O) groups is 2. The molecule has 2 aliphatic heterocycles. The maximum Gasteiger partial charge on any atom is 0.301 e. The van der Waals surface area contributed by atoms with Crippen molar-refractivity contribution in [1.82, 2.24) is 4.98 Å². The molecule has 2 atom stereocenters. The Morgan fingerprint density at radius 1 is 1.18 bits per heavy atom. The number of amides is 1. The first-order valence-corrected chi connectivity index (χ1v) is 13.4. The highest BCUT2D eigenvalue weighted by molar-refractivity contribution is 7.22. The summed E-state index contributed by atoms with van der Waals surface area (Å²) in [5.41, 5.74) is 2.63. The van der Waals surface area contributed by atoms with Crippen LogP contribution >= 0.6 is 22.9 Å². The summed E-state index contributed by atoms with van der Waals surface area (Å²) in [4.78, 5) is 33.0. The number of benzene rings is 3. The highest BCUT2D eigenvalue weighted by Gasteiger charge is 2.48. The molecule has 4 aromatic rings. The maximum absolute atomic E-state index is 13.5. The molecule has 7 nitrogen and oxygen atoms in total. The quantitative estimate of drug-likeness (QED) is 0.179. The molecule has 2 aliphatic rings. The molecule has 1 amide bonds. The van der Waals surface area contributed by atoms with Crippen molar-refractivity contribution in [3.8, 4) is 11.5 Å². The Kier molecular flexibility index (Phi) is 6.08. The summed E-state index contributed by atoms with van der Waals surface area (Å²) in [6.45, 7) is 4.40. The van der Waals surface area contributed by atoms with Gasteiger partial charge in [-0.1, -0.05) is 35.1 Å². The zero-order valence-electron chi connectivity index (χ0n) is 20.6. The number of aliphatic hydroxyl groups is 1. The zero-order chi connectivity index (χ0) is 26.6. The Hall–Kier alpha value is -3.88. The number of anilines is 1. The van der Waals surface area contributed by atoms with E-state index in [1.165, 1.54) is 16.2 Å². The smallest absolute Gasteiger partial charge is 0.301 e. The first-order valence-electron chi connectivity index (χ1n) is 12.2. The summed E-state index contributed by atoms with van der Waals surface area (Å²) in [5.74, 6) is -0.358. The second-order valence-corrected chi connectivity index (χ2v) is 10.7. The Labute approximate surface area is 227 Å². The van der Waals surface area contributed by atoms with E-state index in [0.717, 1.165) is 16.0 Å². The molecule has 0 radical (unpaired) electrons. The first-order chi connectivity index (χ1) is 18.3. The lowest BCUT2D eigenvalue weighted by Gasteiger charge is -2.23. The van der Waals surface area contributed by atoms with Gasteiger partial charge in [0.1, 0.15) is 23.4 Å². The van der Waals surface area contributed by atoms with Crippen LogP contribution in [0.4, 0.5) is 5.13 Å². The van der Waals surface area contributed by atoms with Crippen LogP contribution in [0.15, 0.2) is 66.2 Å². The van der Waals surface area contributed by atoms with Crippen molar-refractivity contribution >= 4 is 55.7 Å². The van der Waals surface area contributed by atoms with Gasteiger partial charge in [-0.15, -0.1) is 0 Å². The van der Waals surface area contributed by atoms with Crippen molar-refractivity contribution in [3.63, 3.8) is 0 Å². The fourth-order valence-electron chi connectivity index (χ4n) is 5.00. The monoisotopic (exact) mass is 546 g/mol. The highest BCUT2D eigenvalue weighted by atomic mass is 35.5. The van der Waals surface area contributed by atoms with Crippen LogP contribution in [0, 0.1) is 0 Å². The van der Waals surface area contributed by atoms with E-state index in [-0.39, 0.29) is 17.4 Å². The molecule has 3 heterocycles. The predicted octanol–water partition coefficient (Wildman–Crippen LogP) is 6.30. The number of halogens is 1. The van der Waals surface area contributed by atoms with E-state index < -0.39 is 17.7 Å². The van der Waals surface area contributed by atoms with Crippen LogP contribution in [0.25, 0.3) is 16.0 Å². The molecule has 2 unspecified atom stereocenters. The van der Waals surface area contributed by atoms with Gasteiger partial charge < -0.3 is 14.6 Å². The molecule has 0 aliphatic carbocycles. The Morgan fingerprint density at radius 2 is 2.03 bits per heavy atom. The predicted molar refractivity (Wildman–Crippen MR) is 147 cm³/mol. The Bertz CT molecular complexity index is 1650. The van der Waals surface area contributed by atoms with Crippen LogP contribution < -0.4 is 14.4 Å². The number of rotatable bonds is 5. The molecule has 3 aromatic carbocycles. The third-order valence-corrected chi connectivity index (χ3v) is 7.90. The summed E-state index contributed by atoms with van der Waals surface area (Å²) in [6.07, 6.45) is 0.722. The SMILES string of the molecule is CCOc1ccc2nc(N3C(=O)C(=O)C(=C(O)c4ccc5c(c4)CC(C)O5)C3c3cccc(Cl)c3)sc2c1. The van der Waals surface area contributed by atoms with E-state index in [1.807, 2.05) is 38.1 Å². The normalized spacial score (nSPS) is 20.1. The number of thiazole rings is 1. The van der Waals surface area contributed by atoms with Crippen LogP contribution in [-0.4, -0.2) is 34.5 Å². The van der Waals surface area contributed by atoms with Gasteiger partial charge >= 0.3 is 5.91 Å². The van der Waals surface area contributed by atoms with Gasteiger partial charge in [0.25, 0.3) is 5.78 Å². The second-order valence-electron chi connectivity index (χ2n) is 9.24. The molecule has 0 saturated carbocycles. The lowest BCUT2D eigenvalue weighted by Crippen LogP contribution is -2.29. The van der Waals surface area contributed by atoms with E-state index in [0.29, 0.717) is 45.6 Å². The minimum Gasteiger partial charge on any atom is -0.507 e. The van der Waals surface area contributed by atoms with E-state index in [1.54, 1.807) is 36.4 Å². The lowest BCUT2D eigenvalue weighted by atomic mass is 9.94. The number of carbonyl (C=O) groups excluding carboxylic acids is 2. The average molecular weight is 547 g/mol. The van der Waals surface area contributed by atoms with E-state index >= 15 is 0 Å². The zero-order valence-corrected chi connectivity index (χ0v) is 22.2. The van der Waals surface area contributed by atoms with Crippen molar-refractivity contribution in [2.24, 2.45) is 0 Å². The fraction of sp³-hybridized carbons (Fsp3) is 0.207. The van der Waals surface area contributed by atoms with Crippen LogP contribution in [0.1, 0.15) is 36.6 Å². The van der Waals surface area contributed by atoms with Crippen LogP contribution in [-0.2, 0) is 16.0 Å². The maximum atomic E-state index is 13.5. The molecule has 0 spiro atoms. The lowest BCUT2D eigenvalue weighted by molar-refractivity contribution is -0.132. The highest BCUT2D eigenvalue weighted by Crippen LogP contribution is 2.45. The number of ketones is 1. The topological polar surface area (TPSA) is 89.0 Å². The van der Waals surface area contributed by atoms with Crippen LogP contribution in [0.2, 0.25) is 5.02 Å². The van der Waals surface area contributed by atoms with Gasteiger partial charge in [-0.3, -0.25) is 14.5 Å². The van der Waals surface area contributed by atoms with E-state index in [9.17, 15) is 14.7 Å². The van der Waals surface area contributed by atoms with Crippen molar-refractivity contribution in [2.45, 2.75) is 32.4 Å². The summed E-state index contributed by atoms with van der Waals surface area (Å²) in [5, 5.41) is 12.3. The number of ether oxygens (including phenoxy) is 2. The number of aliphatic hydroxyl groups excluding tert-OH is 1. The minimum absolute atomic E-state index is 0.0153. The van der Waals surface area contributed by atoms with Crippen molar-refractivity contribution in [1.29, 1.82) is 0 Å². The largest absolute Gasteiger partial charge is 0.507 e. The van der Waals surface area contributed by atoms with Crippen molar-refractivity contribution in [3.05, 3.63) is 87.9 Å². The average Bonchev–Trinajstić information content (AvgIpc) is 3.56. The molecular formula is C29H23ClN2O5S. The van der Waals surface area contributed by atoms with Gasteiger partial charge in [0.15, 0.2) is 5.13 Å². The van der Waals surface area contributed by atoms with Gasteiger partial charge in [-0.2, -0.15) is 0 Å². The van der Waals surface area contributed by atoms with Crippen molar-refractivity contribution < 1.29 is 24.2 Å². The molecule has 6 rings (SSSR count). The summed E-state index contributed by atoms with van der Waals surface area (Å²) in [7, 11) is 0. The number of hydrogen-bond donors (Lipinski definition) is 1. The molecule has 9 heteroatoms. The molecule has 192 valence electrons. The molecule has 1 fully saturated rings. The third kappa shape index (κ3) is 4.10. The van der Waals surface area contributed by atoms with Crippen LogP contribution in [0.5, 0.6) is 11.5 Å². The standard InChI is InChI=1S/C29H23ClN2O5S/c1-3-36-20-8-9-21-23(14-20)38-29(31-21)32-25(16-5-4-6-19(30)13-16)24(27(34)28(32)35)26(33)17-7-10-22-18(12-17)11-15(2)37-22/h4-10,12-15,25,33H,3,11H2,1-2H3. The van der Waals surface area contributed by atoms with Gasteiger partial charge in [-0.05, 0) is 73.5 Å². The van der Waals surface area contributed by atoms with Crippen molar-refractivity contribution in [2.75, 3.05) is 11.5 Å². The number of aromatic nitrogens is 1. The molecular weight excluding hydrogens is 524 g/mol. The first kappa shape index (κ1) is 24.5. The summed E-state index contributed by atoms with van der Waals surface area (Å²) >= 11 is 7.59. The number of Topliss-reactive ketones (excluding diaryl/α,β-unsaturated/α-hetero) is 1. The van der Waals surface area contributed by atoms with Gasteiger partial charge in [-0.25, -0.2) is 4.98 Å². The van der Waals surface area contributed by atoms with Gasteiger partial charge in [0.2, 0.25) is 0 Å². The number of fused-ring (bicyclic) bond motifs is 2. The fourth-order valence-corrected chi connectivity index (χ4v) is 6.22. The van der Waals surface area contributed by atoms with E-state index in [2.05, 4.69) is 4.98 Å². The molecule has 1 saturated heterocycles. The Morgan fingerprint density at radius 3 is 2.82 bits per heavy atom. The van der Waals surface area contributed by atoms with Gasteiger partial charge in [0, 0.05) is 17.0 Å². The van der Waals surface area contributed by atoms with Gasteiger partial charge in [0.05, 0.1) is 28.4 Å². The van der Waals surface area contributed by atoms with E-state index in [4.69, 9.17) is 21.1 Å².